The van der Waals surface area contributed by atoms with Crippen LogP contribution in [0.1, 0.15) is 36.7 Å². The SMILES string of the molecule is CC(C)(C)c1c(C(N)=O)cc(I)cc1-c1ccc(Cl)cc1. The molecule has 110 valence electrons. The third-order valence-electron chi connectivity index (χ3n) is 3.27. The molecule has 4 heteroatoms. The van der Waals surface area contributed by atoms with E-state index in [1.165, 1.54) is 0 Å². The quantitative estimate of drug-likeness (QED) is 0.691. The minimum Gasteiger partial charge on any atom is -0.366 e. The fourth-order valence-corrected chi connectivity index (χ4v) is 3.22. The van der Waals surface area contributed by atoms with Crippen molar-refractivity contribution in [3.63, 3.8) is 0 Å². The average Bonchev–Trinajstić information content (AvgIpc) is 2.37. The molecular formula is C17H17ClINO. The highest BCUT2D eigenvalue weighted by Crippen LogP contribution is 2.37. The fourth-order valence-electron chi connectivity index (χ4n) is 2.47. The van der Waals surface area contributed by atoms with Gasteiger partial charge in [0.2, 0.25) is 5.91 Å². The Bertz CT molecular complexity index is 687. The van der Waals surface area contributed by atoms with Crippen molar-refractivity contribution in [3.05, 3.63) is 56.1 Å². The maximum atomic E-state index is 11.9. The summed E-state index contributed by atoms with van der Waals surface area (Å²) in [6, 6.07) is 11.6. The van der Waals surface area contributed by atoms with Crippen LogP contribution in [0.15, 0.2) is 36.4 Å². The van der Waals surface area contributed by atoms with E-state index in [2.05, 4.69) is 49.4 Å². The number of carbonyl (C=O) groups excluding carboxylic acids is 1. The lowest BCUT2D eigenvalue weighted by Gasteiger charge is -2.26. The van der Waals surface area contributed by atoms with Gasteiger partial charge in [-0.25, -0.2) is 0 Å². The molecule has 0 saturated heterocycles. The van der Waals surface area contributed by atoms with E-state index >= 15 is 0 Å². The highest BCUT2D eigenvalue weighted by molar-refractivity contribution is 14.1. The number of primary amides is 1. The van der Waals surface area contributed by atoms with Crippen molar-refractivity contribution in [2.75, 3.05) is 0 Å². The Morgan fingerprint density at radius 1 is 1.14 bits per heavy atom. The number of hydrogen-bond donors (Lipinski definition) is 1. The van der Waals surface area contributed by atoms with Crippen molar-refractivity contribution in [2.45, 2.75) is 26.2 Å². The molecule has 1 amide bonds. The third-order valence-corrected chi connectivity index (χ3v) is 4.15. The first kappa shape index (κ1) is 16.3. The monoisotopic (exact) mass is 413 g/mol. The van der Waals surface area contributed by atoms with Gasteiger partial charge in [-0.05, 0) is 69.0 Å². The minimum absolute atomic E-state index is 0.191. The maximum Gasteiger partial charge on any atom is 0.249 e. The molecular weight excluding hydrogens is 397 g/mol. The Labute approximate surface area is 143 Å². The Hall–Kier alpha value is -1.07. The number of hydrogen-bond acceptors (Lipinski definition) is 1. The maximum absolute atomic E-state index is 11.9. The lowest BCUT2D eigenvalue weighted by Crippen LogP contribution is -2.22. The van der Waals surface area contributed by atoms with Crippen LogP contribution in [0.5, 0.6) is 0 Å². The number of carbonyl (C=O) groups is 1. The lowest BCUT2D eigenvalue weighted by atomic mass is 9.78. The zero-order chi connectivity index (χ0) is 15.8. The zero-order valence-electron chi connectivity index (χ0n) is 12.2. The molecule has 0 bridgehead atoms. The van der Waals surface area contributed by atoms with Gasteiger partial charge >= 0.3 is 0 Å². The van der Waals surface area contributed by atoms with Crippen molar-refractivity contribution in [1.29, 1.82) is 0 Å². The van der Waals surface area contributed by atoms with Gasteiger partial charge < -0.3 is 5.73 Å². The molecule has 0 aromatic heterocycles. The molecule has 0 aliphatic heterocycles. The van der Waals surface area contributed by atoms with Crippen molar-refractivity contribution in [3.8, 4) is 11.1 Å². The summed E-state index contributed by atoms with van der Waals surface area (Å²) in [7, 11) is 0. The molecule has 0 atom stereocenters. The summed E-state index contributed by atoms with van der Waals surface area (Å²) < 4.78 is 0.986. The van der Waals surface area contributed by atoms with Crippen molar-refractivity contribution in [1.82, 2.24) is 0 Å². The van der Waals surface area contributed by atoms with Crippen molar-refractivity contribution < 1.29 is 4.79 Å². The normalized spacial score (nSPS) is 11.5. The summed E-state index contributed by atoms with van der Waals surface area (Å²) in [5.74, 6) is -0.395. The van der Waals surface area contributed by atoms with Crippen LogP contribution in [0.25, 0.3) is 11.1 Å². The van der Waals surface area contributed by atoms with E-state index in [0.29, 0.717) is 10.6 Å². The molecule has 0 radical (unpaired) electrons. The molecule has 0 saturated carbocycles. The van der Waals surface area contributed by atoms with Gasteiger partial charge in [-0.2, -0.15) is 0 Å². The zero-order valence-corrected chi connectivity index (χ0v) is 15.1. The van der Waals surface area contributed by atoms with Gasteiger partial charge in [-0.15, -0.1) is 0 Å². The molecule has 0 heterocycles. The second-order valence-corrected chi connectivity index (χ2v) is 7.68. The van der Waals surface area contributed by atoms with Crippen LogP contribution in [0.3, 0.4) is 0 Å². The van der Waals surface area contributed by atoms with Crippen molar-refractivity contribution >= 4 is 40.1 Å². The highest BCUT2D eigenvalue weighted by atomic mass is 127. The first-order valence-electron chi connectivity index (χ1n) is 6.60. The van der Waals surface area contributed by atoms with Gasteiger partial charge in [-0.3, -0.25) is 4.79 Å². The van der Waals surface area contributed by atoms with Crippen LogP contribution in [0.4, 0.5) is 0 Å². The number of benzene rings is 2. The highest BCUT2D eigenvalue weighted by Gasteiger charge is 2.25. The second-order valence-electron chi connectivity index (χ2n) is 6.00. The van der Waals surface area contributed by atoms with E-state index in [-0.39, 0.29) is 5.41 Å². The lowest BCUT2D eigenvalue weighted by molar-refractivity contribution is 0.0998. The van der Waals surface area contributed by atoms with Gasteiger partial charge in [-0.1, -0.05) is 44.5 Å². The molecule has 0 aliphatic rings. The standard InChI is InChI=1S/C17H17ClINO/c1-17(2,3)15-13(10-4-6-11(18)7-5-10)8-12(19)9-14(15)16(20)21/h4-9H,1-3H3,(H2,20,21). The van der Waals surface area contributed by atoms with Gasteiger partial charge in [0.15, 0.2) is 0 Å². The van der Waals surface area contributed by atoms with E-state index in [1.54, 1.807) is 0 Å². The van der Waals surface area contributed by atoms with Gasteiger partial charge in [0.25, 0.3) is 0 Å². The molecule has 0 fully saturated rings. The molecule has 2 aromatic carbocycles. The molecule has 0 aliphatic carbocycles. The Balaban J connectivity index is 2.81. The topological polar surface area (TPSA) is 43.1 Å². The van der Waals surface area contributed by atoms with Gasteiger partial charge in [0, 0.05) is 14.2 Å². The van der Waals surface area contributed by atoms with E-state index < -0.39 is 5.91 Å². The van der Waals surface area contributed by atoms with Crippen LogP contribution in [0, 0.1) is 3.57 Å². The van der Waals surface area contributed by atoms with Gasteiger partial charge in [0.1, 0.15) is 0 Å². The summed E-state index contributed by atoms with van der Waals surface area (Å²) in [6.45, 7) is 6.25. The second kappa shape index (κ2) is 5.97. The Morgan fingerprint density at radius 3 is 2.19 bits per heavy atom. The van der Waals surface area contributed by atoms with Crippen LogP contribution < -0.4 is 5.73 Å². The molecule has 2 N–H and O–H groups in total. The van der Waals surface area contributed by atoms with Gasteiger partial charge in [0.05, 0.1) is 0 Å². The van der Waals surface area contributed by atoms with E-state index in [4.69, 9.17) is 17.3 Å². The van der Waals surface area contributed by atoms with Crippen LogP contribution in [0.2, 0.25) is 5.02 Å². The predicted molar refractivity (Wildman–Crippen MR) is 96.8 cm³/mol. The third kappa shape index (κ3) is 3.58. The Kier molecular flexibility index (Phi) is 4.63. The summed E-state index contributed by atoms with van der Waals surface area (Å²) in [6.07, 6.45) is 0. The molecule has 21 heavy (non-hydrogen) atoms. The predicted octanol–water partition coefficient (Wildman–Crippen LogP) is 5.01. The molecule has 2 aromatic rings. The number of nitrogens with two attached hydrogens (primary N) is 1. The first-order chi connectivity index (χ1) is 9.70. The molecule has 0 unspecified atom stereocenters. The molecule has 2 nitrogen and oxygen atoms in total. The van der Waals surface area contributed by atoms with E-state index in [9.17, 15) is 4.79 Å². The van der Waals surface area contributed by atoms with E-state index in [0.717, 1.165) is 20.3 Å². The number of amides is 1. The number of halogens is 2. The van der Waals surface area contributed by atoms with Crippen molar-refractivity contribution in [2.24, 2.45) is 5.73 Å². The molecule has 0 spiro atoms. The van der Waals surface area contributed by atoms with Crippen LogP contribution in [-0.2, 0) is 5.41 Å². The molecule has 2 rings (SSSR count). The summed E-state index contributed by atoms with van der Waals surface area (Å²) in [5, 5.41) is 0.691. The smallest absolute Gasteiger partial charge is 0.249 e. The summed E-state index contributed by atoms with van der Waals surface area (Å²) in [5.41, 5.74) is 9.01. The van der Waals surface area contributed by atoms with Crippen LogP contribution in [-0.4, -0.2) is 5.91 Å². The largest absolute Gasteiger partial charge is 0.366 e. The van der Waals surface area contributed by atoms with E-state index in [1.807, 2.05) is 30.3 Å². The Morgan fingerprint density at radius 2 is 1.71 bits per heavy atom. The average molecular weight is 414 g/mol. The first-order valence-corrected chi connectivity index (χ1v) is 8.05. The van der Waals surface area contributed by atoms with Crippen LogP contribution >= 0.6 is 34.2 Å². The number of rotatable bonds is 2. The fraction of sp³-hybridized carbons (Fsp3) is 0.235. The summed E-state index contributed by atoms with van der Waals surface area (Å²) in [4.78, 5) is 11.9. The summed E-state index contributed by atoms with van der Waals surface area (Å²) >= 11 is 8.18. The minimum atomic E-state index is -0.395.